The molecule has 1 fully saturated rings. The number of aliphatic imine (C=N–C) groups is 1. The lowest BCUT2D eigenvalue weighted by atomic mass is 9.73. The van der Waals surface area contributed by atoms with E-state index in [-0.39, 0.29) is 94.8 Å². The number of ketones is 2. The summed E-state index contributed by atoms with van der Waals surface area (Å²) in [6, 6.07) is 24.5. The molecule has 2 aliphatic rings. The van der Waals surface area contributed by atoms with E-state index in [1.165, 1.54) is 125 Å². The number of aryl methyl sites for hydroxylation is 3. The van der Waals surface area contributed by atoms with Crippen molar-refractivity contribution in [2.45, 2.75) is 169 Å². The number of fused-ring (bicyclic) bond motifs is 3. The van der Waals surface area contributed by atoms with Crippen molar-refractivity contribution < 1.29 is 89.6 Å². The highest BCUT2D eigenvalue weighted by molar-refractivity contribution is 7.91. The summed E-state index contributed by atoms with van der Waals surface area (Å²) < 4.78 is 185. The van der Waals surface area contributed by atoms with E-state index in [9.17, 15) is 76.4 Å². The van der Waals surface area contributed by atoms with Crippen LogP contribution in [0.4, 0.5) is 35.9 Å². The first-order valence-corrected chi connectivity index (χ1v) is 44.1. The van der Waals surface area contributed by atoms with Gasteiger partial charge in [0.25, 0.3) is 16.7 Å². The van der Waals surface area contributed by atoms with Crippen LogP contribution in [0.1, 0.15) is 205 Å². The van der Waals surface area contributed by atoms with Gasteiger partial charge in [-0.15, -0.1) is 0 Å². The molecule has 0 spiro atoms. The summed E-state index contributed by atoms with van der Waals surface area (Å²) in [6.07, 6.45) is -1.35. The predicted octanol–water partition coefficient (Wildman–Crippen LogP) is 13.5. The number of carbonyl (C=O) groups is 4. The topological polar surface area (TPSA) is 349 Å². The van der Waals surface area contributed by atoms with Gasteiger partial charge in [-0.25, -0.2) is 75.2 Å². The molecule has 6 aromatic carbocycles. The van der Waals surface area contributed by atoms with Gasteiger partial charge in [0.15, 0.2) is 46.2 Å². The lowest BCUT2D eigenvalue weighted by Gasteiger charge is -2.32. The molecule has 2 N–H and O–H groups in total. The second-order valence-electron chi connectivity index (χ2n) is 31.9. The van der Waals surface area contributed by atoms with Crippen LogP contribution in [0.2, 0.25) is 5.15 Å². The molecule has 26 nitrogen and oxygen atoms in total. The van der Waals surface area contributed by atoms with E-state index < -0.39 is 159 Å². The molecule has 122 heavy (non-hydrogen) atoms. The van der Waals surface area contributed by atoms with Crippen molar-refractivity contribution in [1.29, 1.82) is 0 Å². The minimum Gasteiger partial charge on any atom is -0.444 e. The van der Waals surface area contributed by atoms with Gasteiger partial charge in [-0.1, -0.05) is 38.4 Å². The number of ether oxygens (including phenoxy) is 2. The SMILES string of the molecule is CC(NC(=O)OC(C)(C)C)c1cc(=O)n(C)nc1Cl.CCS(=O)(=O)Cc1cc(-c2nn(C)c(=O)cc2C(C)NC(=O)OC(C)(C)C)c(C(=O)c2ccc(F)cc2)cc1F.CCS(=O)(=O)Cc1cc(B2OC(C)(C)C(C)(C)O2)c(C(=O)c2ccc(F)cc2)cc1F.CCS(=O)(=O)Cc1cc2c(cc1F)C(c1ccc(F)cc1)=NC(C)c1cc(=O)n(C)nc1-2. The van der Waals surface area contributed by atoms with Crippen LogP contribution < -0.4 is 32.8 Å². The highest BCUT2D eigenvalue weighted by Gasteiger charge is 2.53. The van der Waals surface area contributed by atoms with Gasteiger partial charge in [-0.3, -0.25) is 29.0 Å². The number of nitrogens with zero attached hydrogens (tertiary/aromatic N) is 7. The molecule has 1 saturated heterocycles. The Morgan fingerprint density at radius 3 is 1.32 bits per heavy atom. The molecule has 3 unspecified atom stereocenters. The quantitative estimate of drug-likeness (QED) is 0.0406. The summed E-state index contributed by atoms with van der Waals surface area (Å²) in [6.45, 7) is 27.1. The zero-order chi connectivity index (χ0) is 91.2. The molecular formula is C85H95BClF6N9O17S3. The number of sulfone groups is 3. The van der Waals surface area contributed by atoms with Crippen LogP contribution in [0.3, 0.4) is 0 Å². The Morgan fingerprint density at radius 2 is 0.877 bits per heavy atom. The summed E-state index contributed by atoms with van der Waals surface area (Å²) in [5.74, 6) is -7.27. The Morgan fingerprint density at radius 1 is 0.508 bits per heavy atom. The normalized spacial score (nSPS) is 14.7. The summed E-state index contributed by atoms with van der Waals surface area (Å²) in [5, 5.41) is 18.0. The number of rotatable bonds is 20. The summed E-state index contributed by atoms with van der Waals surface area (Å²) in [5.41, 5.74) is -0.546. The van der Waals surface area contributed by atoms with Crippen LogP contribution in [0.25, 0.3) is 22.5 Å². The van der Waals surface area contributed by atoms with Crippen molar-refractivity contribution in [3.05, 3.63) is 265 Å². The van der Waals surface area contributed by atoms with Crippen LogP contribution in [-0.4, -0.2) is 131 Å². The maximum absolute atomic E-state index is 15.3. The Balaban J connectivity index is 0.000000208. The van der Waals surface area contributed by atoms with Crippen molar-refractivity contribution in [2.24, 2.45) is 26.1 Å². The van der Waals surface area contributed by atoms with E-state index in [1.807, 2.05) is 27.7 Å². The highest BCUT2D eigenvalue weighted by Crippen LogP contribution is 2.40. The molecule has 0 bridgehead atoms. The summed E-state index contributed by atoms with van der Waals surface area (Å²) >= 11 is 5.95. The smallest absolute Gasteiger partial charge is 0.444 e. The second kappa shape index (κ2) is 38.3. The molecule has 2 aliphatic heterocycles. The number of hydrogen-bond acceptors (Lipinski definition) is 21. The fourth-order valence-electron chi connectivity index (χ4n) is 12.2. The summed E-state index contributed by atoms with van der Waals surface area (Å²) in [4.78, 5) is 91.8. The first-order valence-electron chi connectivity index (χ1n) is 38.3. The number of benzene rings is 6. The molecule has 9 aromatic rings. The standard InChI is InChI=1S/C28H31F2N3O6S.C23H21F2N3O3S.C22H25BF2O5S.C12H18ClN3O3/c1-7-40(37,38)15-18-12-21(22(13-23(18)30)26(35)17-8-10-19(29)11-9-17)25-20(14-24(34)33(6)32-25)16(2)31-27(36)39-28(3,4)5;1-4-32(30,31)12-15-9-18-19(10-20(15)25)22(14-5-7-16(24)8-6-14)26-13(2)17-11-21(29)28(3)27-23(17)18;1-6-31(27,28)13-15-11-18(23-29-21(2,3)22(4,5)30-23)17(12-19(15)25)20(26)14-7-9-16(24)10-8-14;1-7(14-11(18)19-12(2,3)4)8-6-9(17)16(5)15-10(8)13/h8-14,16H,7,15H2,1-6H3,(H,31,36);5-11,13H,4,12H2,1-3H3;7-12H,6,13H2,1-5H3;6-7H,1-5H3,(H,14,18). The minimum atomic E-state index is -3.67. The predicted molar refractivity (Wildman–Crippen MR) is 452 cm³/mol. The van der Waals surface area contributed by atoms with Crippen molar-refractivity contribution in [3.63, 3.8) is 0 Å². The second-order valence-corrected chi connectivity index (χ2v) is 39.3. The molecule has 3 aromatic heterocycles. The fraction of sp³-hybridized carbons (Fsp3) is 0.376. The molecule has 0 aliphatic carbocycles. The van der Waals surface area contributed by atoms with E-state index in [1.54, 1.807) is 74.4 Å². The maximum atomic E-state index is 15.3. The molecule has 0 radical (unpaired) electrons. The number of amides is 2. The largest absolute Gasteiger partial charge is 0.495 e. The lowest BCUT2D eigenvalue weighted by Crippen LogP contribution is -2.41. The van der Waals surface area contributed by atoms with Gasteiger partial charge >= 0.3 is 19.3 Å². The fourth-order valence-corrected chi connectivity index (χ4v) is 15.2. The Kier molecular flexibility index (Phi) is 30.4. The average molecular weight is 1770 g/mol. The van der Waals surface area contributed by atoms with Crippen LogP contribution in [0.5, 0.6) is 0 Å². The van der Waals surface area contributed by atoms with Crippen molar-refractivity contribution in [1.82, 2.24) is 40.0 Å². The van der Waals surface area contributed by atoms with Crippen LogP contribution >= 0.6 is 11.6 Å². The molecular weight excluding hydrogens is 1680 g/mol. The number of alkyl carbamates (subject to hydrolysis) is 2. The Hall–Kier alpha value is -10.8. The lowest BCUT2D eigenvalue weighted by molar-refractivity contribution is 0.00578. The Labute approximate surface area is 708 Å². The molecule has 0 saturated carbocycles. The van der Waals surface area contributed by atoms with Crippen LogP contribution in [-0.2, 0) is 86.7 Å². The van der Waals surface area contributed by atoms with Crippen LogP contribution in [0, 0.1) is 34.9 Å². The first kappa shape index (κ1) is 96.7. The average Bonchev–Trinajstić information content (AvgIpc) is 1.59. The molecule has 652 valence electrons. The van der Waals surface area contributed by atoms with E-state index in [0.29, 0.717) is 39.2 Å². The molecule has 11 rings (SSSR count). The van der Waals surface area contributed by atoms with Crippen molar-refractivity contribution in [3.8, 4) is 22.5 Å². The van der Waals surface area contributed by atoms with E-state index >= 15 is 8.78 Å². The van der Waals surface area contributed by atoms with Gasteiger partial charge in [0, 0.05) is 134 Å². The Bertz CT molecular complexity index is 6090. The van der Waals surface area contributed by atoms with Crippen LogP contribution in [0.15, 0.2) is 147 Å². The monoisotopic (exact) mass is 1770 g/mol. The minimum absolute atomic E-state index is 0.0141. The molecule has 37 heteroatoms. The number of aromatic nitrogens is 6. The third-order valence-corrected chi connectivity index (χ3v) is 24.8. The molecule has 5 heterocycles. The van der Waals surface area contributed by atoms with E-state index in [4.69, 9.17) is 35.4 Å². The number of nitrogens with one attached hydrogen (secondary N) is 2. The number of hydrogen-bond donors (Lipinski definition) is 2. The van der Waals surface area contributed by atoms with Crippen molar-refractivity contribution in [2.75, 3.05) is 17.3 Å². The van der Waals surface area contributed by atoms with Gasteiger partial charge < -0.3 is 29.4 Å². The number of halogens is 7. The molecule has 3 atom stereocenters. The van der Waals surface area contributed by atoms with Gasteiger partial charge in [0.2, 0.25) is 0 Å². The third-order valence-electron chi connectivity index (χ3n) is 19.6. The van der Waals surface area contributed by atoms with E-state index in [0.717, 1.165) is 45.8 Å². The van der Waals surface area contributed by atoms with Gasteiger partial charge in [-0.05, 0) is 199 Å². The van der Waals surface area contributed by atoms with E-state index in [2.05, 4.69) is 25.9 Å². The van der Waals surface area contributed by atoms with Gasteiger partial charge in [-0.2, -0.15) is 15.3 Å². The van der Waals surface area contributed by atoms with Gasteiger partial charge in [0.1, 0.15) is 46.1 Å². The first-order chi connectivity index (χ1) is 56.5. The third kappa shape index (κ3) is 24.6. The highest BCUT2D eigenvalue weighted by atomic mass is 35.5. The summed E-state index contributed by atoms with van der Waals surface area (Å²) in [7, 11) is -7.31. The van der Waals surface area contributed by atoms with Crippen molar-refractivity contribution >= 4 is 83.2 Å². The van der Waals surface area contributed by atoms with Gasteiger partial charge in [0.05, 0.1) is 63.7 Å². The maximum Gasteiger partial charge on any atom is 0.495 e. The number of carbonyl (C=O) groups excluding carboxylic acids is 4. The zero-order valence-electron chi connectivity index (χ0n) is 70.6. The molecule has 2 amide bonds. The zero-order valence-corrected chi connectivity index (χ0v) is 73.8.